The van der Waals surface area contributed by atoms with E-state index in [1.807, 2.05) is 26.0 Å². The summed E-state index contributed by atoms with van der Waals surface area (Å²) in [5.74, 6) is 0. The Hall–Kier alpha value is -1.17. The number of benzene rings is 2. The Morgan fingerprint density at radius 2 is 1.22 bits per heavy atom. The first-order valence-corrected chi connectivity index (χ1v) is 7.69. The summed E-state index contributed by atoms with van der Waals surface area (Å²) in [7, 11) is -0.489. The molecule has 0 aliphatic rings. The molecule has 0 bridgehead atoms. The third-order valence-electron chi connectivity index (χ3n) is 2.68. The highest BCUT2D eigenvalue weighted by Crippen LogP contribution is 2.36. The fourth-order valence-electron chi connectivity index (χ4n) is 1.93. The van der Waals surface area contributed by atoms with Crippen molar-refractivity contribution in [2.24, 2.45) is 0 Å². The Labute approximate surface area is 110 Å². The number of aliphatic hydroxyl groups is 1. The van der Waals surface area contributed by atoms with Crippen molar-refractivity contribution in [1.82, 2.24) is 0 Å². The summed E-state index contributed by atoms with van der Waals surface area (Å²) < 4.78 is 0. The maximum absolute atomic E-state index is 10.1. The van der Waals surface area contributed by atoms with Gasteiger partial charge >= 0.3 is 0 Å². The summed E-state index contributed by atoms with van der Waals surface area (Å²) in [6, 6.07) is 21.0. The molecule has 0 unspecified atom stereocenters. The van der Waals surface area contributed by atoms with Gasteiger partial charge in [0.05, 0.1) is 5.60 Å². The Bertz CT molecular complexity index is 434. The average molecular weight is 258 g/mol. The molecule has 0 aliphatic heterocycles. The molecule has 0 spiro atoms. The molecule has 0 radical (unpaired) electrons. The minimum atomic E-state index is -0.641. The van der Waals surface area contributed by atoms with Gasteiger partial charge in [-0.15, -0.1) is 0 Å². The van der Waals surface area contributed by atoms with Crippen LogP contribution in [0.2, 0.25) is 0 Å². The van der Waals surface area contributed by atoms with E-state index >= 15 is 0 Å². The van der Waals surface area contributed by atoms with Crippen LogP contribution in [-0.2, 0) is 0 Å². The highest BCUT2D eigenvalue weighted by molar-refractivity contribution is 7.73. The Balaban J connectivity index is 2.36. The van der Waals surface area contributed by atoms with Crippen molar-refractivity contribution in [3.05, 3.63) is 60.7 Å². The van der Waals surface area contributed by atoms with E-state index in [4.69, 9.17) is 0 Å². The van der Waals surface area contributed by atoms with Crippen molar-refractivity contribution in [3.63, 3.8) is 0 Å². The van der Waals surface area contributed by atoms with Gasteiger partial charge in [0, 0.05) is 6.16 Å². The first-order chi connectivity index (χ1) is 8.56. The van der Waals surface area contributed by atoms with Gasteiger partial charge in [0.15, 0.2) is 0 Å². The van der Waals surface area contributed by atoms with Gasteiger partial charge in [0.2, 0.25) is 0 Å². The fraction of sp³-hybridized carbons (Fsp3) is 0.250. The van der Waals surface area contributed by atoms with Crippen LogP contribution >= 0.6 is 7.92 Å². The van der Waals surface area contributed by atoms with Crippen LogP contribution in [0.1, 0.15) is 13.8 Å². The van der Waals surface area contributed by atoms with E-state index in [1.54, 1.807) is 0 Å². The quantitative estimate of drug-likeness (QED) is 0.836. The molecule has 0 atom stereocenters. The molecule has 94 valence electrons. The lowest BCUT2D eigenvalue weighted by Crippen LogP contribution is -2.28. The van der Waals surface area contributed by atoms with Crippen LogP contribution in [0.3, 0.4) is 0 Å². The number of rotatable bonds is 4. The van der Waals surface area contributed by atoms with Gasteiger partial charge in [-0.3, -0.25) is 0 Å². The molecule has 0 aromatic heterocycles. The van der Waals surface area contributed by atoms with Gasteiger partial charge < -0.3 is 5.11 Å². The molecule has 2 aromatic carbocycles. The summed E-state index contributed by atoms with van der Waals surface area (Å²) in [6.45, 7) is 3.77. The molecule has 0 aliphatic carbocycles. The lowest BCUT2D eigenvalue weighted by atomic mass is 10.2. The van der Waals surface area contributed by atoms with Crippen molar-refractivity contribution >= 4 is 18.5 Å². The van der Waals surface area contributed by atoms with Crippen LogP contribution in [0.5, 0.6) is 0 Å². The van der Waals surface area contributed by atoms with Crippen LogP contribution in [0.4, 0.5) is 0 Å². The van der Waals surface area contributed by atoms with Crippen molar-refractivity contribution in [2.75, 3.05) is 6.16 Å². The molecule has 2 rings (SSSR count). The first kappa shape index (κ1) is 13.3. The number of hydrogen-bond acceptors (Lipinski definition) is 1. The highest BCUT2D eigenvalue weighted by Gasteiger charge is 2.22. The summed E-state index contributed by atoms with van der Waals surface area (Å²) >= 11 is 0. The topological polar surface area (TPSA) is 20.2 Å². The largest absolute Gasteiger partial charge is 0.390 e. The van der Waals surface area contributed by atoms with Gasteiger partial charge in [0.1, 0.15) is 0 Å². The van der Waals surface area contributed by atoms with Gasteiger partial charge in [-0.2, -0.15) is 0 Å². The second-order valence-corrected chi connectivity index (χ2v) is 7.27. The molecule has 0 saturated heterocycles. The van der Waals surface area contributed by atoms with Crippen molar-refractivity contribution in [3.8, 4) is 0 Å². The normalized spacial score (nSPS) is 11.8. The maximum atomic E-state index is 10.1. The Kier molecular flexibility index (Phi) is 4.16. The molecule has 0 amide bonds. The van der Waals surface area contributed by atoms with Crippen molar-refractivity contribution in [1.29, 1.82) is 0 Å². The average Bonchev–Trinajstić information content (AvgIpc) is 2.37. The van der Waals surface area contributed by atoms with Crippen LogP contribution in [-0.4, -0.2) is 16.9 Å². The number of hydrogen-bond donors (Lipinski definition) is 1. The van der Waals surface area contributed by atoms with Gasteiger partial charge in [-0.25, -0.2) is 0 Å². The lowest BCUT2D eigenvalue weighted by Gasteiger charge is -2.26. The van der Waals surface area contributed by atoms with Crippen molar-refractivity contribution < 1.29 is 5.11 Å². The molecule has 0 fully saturated rings. The lowest BCUT2D eigenvalue weighted by molar-refractivity contribution is 0.106. The molecular weight excluding hydrogens is 239 g/mol. The van der Waals surface area contributed by atoms with Crippen LogP contribution in [0.25, 0.3) is 0 Å². The van der Waals surface area contributed by atoms with E-state index in [9.17, 15) is 5.11 Å². The summed E-state index contributed by atoms with van der Waals surface area (Å²) in [5, 5.41) is 12.8. The summed E-state index contributed by atoms with van der Waals surface area (Å²) in [6.07, 6.45) is 0.788. The van der Waals surface area contributed by atoms with Crippen LogP contribution in [0.15, 0.2) is 60.7 Å². The highest BCUT2D eigenvalue weighted by atomic mass is 31.1. The molecule has 1 N–H and O–H groups in total. The SMILES string of the molecule is CC(C)(O)CP(c1ccccc1)c1ccccc1. The first-order valence-electron chi connectivity index (χ1n) is 6.16. The van der Waals surface area contributed by atoms with Gasteiger partial charge in [-0.05, 0) is 32.4 Å². The molecule has 2 heteroatoms. The molecule has 1 nitrogen and oxygen atoms in total. The minimum absolute atomic E-state index is 0.489. The molecule has 18 heavy (non-hydrogen) atoms. The van der Waals surface area contributed by atoms with E-state index in [2.05, 4.69) is 48.5 Å². The molecule has 0 heterocycles. The third kappa shape index (κ3) is 3.66. The van der Waals surface area contributed by atoms with Gasteiger partial charge in [0.25, 0.3) is 0 Å². The predicted octanol–water partition coefficient (Wildman–Crippen LogP) is 2.89. The van der Waals surface area contributed by atoms with E-state index in [-0.39, 0.29) is 0 Å². The summed E-state index contributed by atoms with van der Waals surface area (Å²) in [4.78, 5) is 0. The van der Waals surface area contributed by atoms with E-state index in [0.29, 0.717) is 0 Å². The van der Waals surface area contributed by atoms with E-state index in [1.165, 1.54) is 10.6 Å². The standard InChI is InChI=1S/C16H19OP/c1-16(2,17)13-18(14-9-5-3-6-10-14)15-11-7-4-8-12-15/h3-12,17H,13H2,1-2H3. The molecular formula is C16H19OP. The predicted molar refractivity (Wildman–Crippen MR) is 80.2 cm³/mol. The van der Waals surface area contributed by atoms with Crippen LogP contribution in [0, 0.1) is 0 Å². The monoisotopic (exact) mass is 258 g/mol. The fourth-order valence-corrected chi connectivity index (χ4v) is 4.44. The van der Waals surface area contributed by atoms with Gasteiger partial charge in [-0.1, -0.05) is 60.7 Å². The summed E-state index contributed by atoms with van der Waals surface area (Å²) in [5.41, 5.74) is -0.641. The smallest absolute Gasteiger partial charge is 0.0636 e. The molecule has 0 saturated carbocycles. The zero-order valence-corrected chi connectivity index (χ0v) is 11.8. The maximum Gasteiger partial charge on any atom is 0.0636 e. The second-order valence-electron chi connectivity index (χ2n) is 5.07. The Morgan fingerprint density at radius 3 is 1.56 bits per heavy atom. The Morgan fingerprint density at radius 1 is 0.833 bits per heavy atom. The second kappa shape index (κ2) is 5.65. The molecule has 2 aromatic rings. The van der Waals surface area contributed by atoms with E-state index < -0.39 is 13.5 Å². The minimum Gasteiger partial charge on any atom is -0.390 e. The zero-order chi connectivity index (χ0) is 13.0. The van der Waals surface area contributed by atoms with E-state index in [0.717, 1.165) is 6.16 Å². The van der Waals surface area contributed by atoms with Crippen LogP contribution < -0.4 is 10.6 Å². The third-order valence-corrected chi connectivity index (χ3v) is 5.61. The van der Waals surface area contributed by atoms with Crippen molar-refractivity contribution in [2.45, 2.75) is 19.4 Å². The zero-order valence-electron chi connectivity index (χ0n) is 10.9.